The first-order valence-corrected chi connectivity index (χ1v) is 8.77. The Morgan fingerprint density at radius 1 is 0.929 bits per heavy atom. The van der Waals surface area contributed by atoms with Gasteiger partial charge >= 0.3 is 12.2 Å². The Kier molecular flexibility index (Phi) is 5.90. The van der Waals surface area contributed by atoms with Crippen molar-refractivity contribution in [3.8, 4) is 11.1 Å². The Morgan fingerprint density at radius 3 is 2.32 bits per heavy atom. The molecule has 3 nitrogen and oxygen atoms in total. The molecule has 3 aromatic rings. The van der Waals surface area contributed by atoms with Crippen molar-refractivity contribution < 1.29 is 18.0 Å². The van der Waals surface area contributed by atoms with Crippen LogP contribution >= 0.6 is 11.6 Å². The number of urea groups is 1. The summed E-state index contributed by atoms with van der Waals surface area (Å²) in [7, 11) is 0. The number of halogens is 4. The van der Waals surface area contributed by atoms with Gasteiger partial charge in [-0.2, -0.15) is 13.2 Å². The number of alkyl halides is 3. The van der Waals surface area contributed by atoms with Crippen molar-refractivity contribution in [2.24, 2.45) is 0 Å². The Morgan fingerprint density at radius 2 is 1.61 bits per heavy atom. The fraction of sp³-hybridized carbons (Fsp3) is 0.0952. The number of rotatable bonds is 4. The first-order valence-electron chi connectivity index (χ1n) is 8.39. The van der Waals surface area contributed by atoms with Gasteiger partial charge in [-0.1, -0.05) is 66.2 Å². The van der Waals surface area contributed by atoms with Crippen LogP contribution in [0.4, 0.5) is 23.7 Å². The zero-order valence-electron chi connectivity index (χ0n) is 14.6. The summed E-state index contributed by atoms with van der Waals surface area (Å²) in [6, 6.07) is 19.8. The SMILES string of the molecule is O=C(NCc1ccc(Cl)c(C(F)(F)F)c1)Nc1ccccc1-c1ccccc1. The molecule has 0 saturated heterocycles. The summed E-state index contributed by atoms with van der Waals surface area (Å²) < 4.78 is 38.8. The van der Waals surface area contributed by atoms with Gasteiger partial charge < -0.3 is 10.6 Å². The highest BCUT2D eigenvalue weighted by Crippen LogP contribution is 2.35. The fourth-order valence-electron chi connectivity index (χ4n) is 2.71. The van der Waals surface area contributed by atoms with Gasteiger partial charge in [0, 0.05) is 12.1 Å². The van der Waals surface area contributed by atoms with Crippen LogP contribution < -0.4 is 10.6 Å². The zero-order chi connectivity index (χ0) is 20.1. The number of hydrogen-bond acceptors (Lipinski definition) is 1. The van der Waals surface area contributed by atoms with Crippen LogP contribution in [-0.2, 0) is 12.7 Å². The predicted octanol–water partition coefficient (Wildman–Crippen LogP) is 6.35. The van der Waals surface area contributed by atoms with E-state index in [2.05, 4.69) is 10.6 Å². The molecule has 2 amide bonds. The molecule has 0 saturated carbocycles. The highest BCUT2D eigenvalue weighted by atomic mass is 35.5. The number of carbonyl (C=O) groups excluding carboxylic acids is 1. The maximum atomic E-state index is 12.9. The van der Waals surface area contributed by atoms with Gasteiger partial charge in [0.05, 0.1) is 16.3 Å². The molecule has 3 rings (SSSR count). The third kappa shape index (κ3) is 4.84. The monoisotopic (exact) mass is 404 g/mol. The highest BCUT2D eigenvalue weighted by molar-refractivity contribution is 6.31. The topological polar surface area (TPSA) is 41.1 Å². The van der Waals surface area contributed by atoms with E-state index in [0.29, 0.717) is 11.3 Å². The van der Waals surface area contributed by atoms with E-state index >= 15 is 0 Å². The quantitative estimate of drug-likeness (QED) is 0.522. The zero-order valence-corrected chi connectivity index (χ0v) is 15.3. The second-order valence-electron chi connectivity index (χ2n) is 6.03. The van der Waals surface area contributed by atoms with Crippen LogP contribution in [-0.4, -0.2) is 6.03 Å². The standard InChI is InChI=1S/C21H16ClF3N2O/c22-18-11-10-14(12-17(18)21(23,24)25)13-26-20(28)27-19-9-5-4-8-16(19)15-6-2-1-3-7-15/h1-12H,13H2,(H2,26,27,28). The molecule has 0 bridgehead atoms. The summed E-state index contributed by atoms with van der Waals surface area (Å²) in [5.41, 5.74) is 1.74. The van der Waals surface area contributed by atoms with Gasteiger partial charge in [0.15, 0.2) is 0 Å². The van der Waals surface area contributed by atoms with E-state index in [4.69, 9.17) is 11.6 Å². The van der Waals surface area contributed by atoms with E-state index in [-0.39, 0.29) is 11.6 Å². The number of carbonyl (C=O) groups is 1. The second kappa shape index (κ2) is 8.35. The molecule has 0 aliphatic carbocycles. The van der Waals surface area contributed by atoms with Gasteiger partial charge in [0.2, 0.25) is 0 Å². The third-order valence-electron chi connectivity index (χ3n) is 4.05. The summed E-state index contributed by atoms with van der Waals surface area (Å²) in [6.07, 6.45) is -4.55. The molecule has 0 aliphatic heterocycles. The van der Waals surface area contributed by atoms with E-state index < -0.39 is 17.8 Å². The molecular formula is C21H16ClF3N2O. The lowest BCUT2D eigenvalue weighted by atomic mass is 10.0. The Bertz CT molecular complexity index is 975. The smallest absolute Gasteiger partial charge is 0.334 e. The number of anilines is 1. The normalized spacial score (nSPS) is 11.1. The Hall–Kier alpha value is -2.99. The van der Waals surface area contributed by atoms with Crippen molar-refractivity contribution in [1.29, 1.82) is 0 Å². The van der Waals surface area contributed by atoms with Crippen LogP contribution in [0.15, 0.2) is 72.8 Å². The summed E-state index contributed by atoms with van der Waals surface area (Å²) in [6.45, 7) is -0.0699. The molecule has 144 valence electrons. The molecule has 0 spiro atoms. The van der Waals surface area contributed by atoms with Crippen molar-refractivity contribution in [2.45, 2.75) is 12.7 Å². The van der Waals surface area contributed by atoms with E-state index in [1.165, 1.54) is 12.1 Å². The van der Waals surface area contributed by atoms with Crippen molar-refractivity contribution in [2.75, 3.05) is 5.32 Å². The minimum absolute atomic E-state index is 0.0699. The average Bonchev–Trinajstić information content (AvgIpc) is 2.67. The van der Waals surface area contributed by atoms with Gasteiger partial charge in [0.25, 0.3) is 0 Å². The average molecular weight is 405 g/mol. The van der Waals surface area contributed by atoms with Crippen LogP contribution in [0.5, 0.6) is 0 Å². The first-order chi connectivity index (χ1) is 13.3. The van der Waals surface area contributed by atoms with Crippen molar-refractivity contribution in [3.05, 3.63) is 88.9 Å². The van der Waals surface area contributed by atoms with Gasteiger partial charge in [-0.3, -0.25) is 0 Å². The van der Waals surface area contributed by atoms with Crippen LogP contribution in [0.3, 0.4) is 0 Å². The number of amides is 2. The third-order valence-corrected chi connectivity index (χ3v) is 4.38. The number of hydrogen-bond donors (Lipinski definition) is 2. The highest BCUT2D eigenvalue weighted by Gasteiger charge is 2.33. The maximum Gasteiger partial charge on any atom is 0.417 e. The van der Waals surface area contributed by atoms with Crippen LogP contribution in [0.2, 0.25) is 5.02 Å². The van der Waals surface area contributed by atoms with E-state index in [1.807, 2.05) is 42.5 Å². The second-order valence-corrected chi connectivity index (χ2v) is 6.44. The lowest BCUT2D eigenvalue weighted by molar-refractivity contribution is -0.137. The van der Waals surface area contributed by atoms with Gasteiger partial charge in [-0.25, -0.2) is 4.79 Å². The molecular weight excluding hydrogens is 389 g/mol. The molecule has 0 aromatic heterocycles. The van der Waals surface area contributed by atoms with Crippen LogP contribution in [0, 0.1) is 0 Å². The van der Waals surface area contributed by atoms with Crippen molar-refractivity contribution in [1.82, 2.24) is 5.32 Å². The molecule has 7 heteroatoms. The fourth-order valence-corrected chi connectivity index (χ4v) is 2.93. The minimum atomic E-state index is -4.55. The largest absolute Gasteiger partial charge is 0.417 e. The Balaban J connectivity index is 1.70. The molecule has 0 fully saturated rings. The van der Waals surface area contributed by atoms with Crippen molar-refractivity contribution in [3.63, 3.8) is 0 Å². The molecule has 28 heavy (non-hydrogen) atoms. The number of nitrogens with one attached hydrogen (secondary N) is 2. The summed E-state index contributed by atoms with van der Waals surface area (Å²) >= 11 is 5.61. The van der Waals surface area contributed by atoms with E-state index in [9.17, 15) is 18.0 Å². The molecule has 2 N–H and O–H groups in total. The van der Waals surface area contributed by atoms with Gasteiger partial charge in [-0.15, -0.1) is 0 Å². The molecule has 0 atom stereocenters. The van der Waals surface area contributed by atoms with Crippen molar-refractivity contribution >= 4 is 23.3 Å². The first kappa shape index (κ1) is 19.8. The lowest BCUT2D eigenvalue weighted by Gasteiger charge is -2.13. The van der Waals surface area contributed by atoms with Crippen LogP contribution in [0.1, 0.15) is 11.1 Å². The Labute approximate surface area is 165 Å². The summed E-state index contributed by atoms with van der Waals surface area (Å²) in [5.74, 6) is 0. The molecule has 0 unspecified atom stereocenters. The minimum Gasteiger partial charge on any atom is -0.334 e. The summed E-state index contributed by atoms with van der Waals surface area (Å²) in [5, 5.41) is 4.92. The molecule has 3 aromatic carbocycles. The molecule has 0 aliphatic rings. The summed E-state index contributed by atoms with van der Waals surface area (Å²) in [4.78, 5) is 12.2. The van der Waals surface area contributed by atoms with E-state index in [0.717, 1.165) is 17.2 Å². The van der Waals surface area contributed by atoms with E-state index in [1.54, 1.807) is 12.1 Å². The number of para-hydroxylation sites is 1. The predicted molar refractivity (Wildman–Crippen MR) is 104 cm³/mol. The number of benzene rings is 3. The van der Waals surface area contributed by atoms with Gasteiger partial charge in [-0.05, 0) is 29.3 Å². The van der Waals surface area contributed by atoms with Gasteiger partial charge in [0.1, 0.15) is 0 Å². The van der Waals surface area contributed by atoms with Crippen LogP contribution in [0.25, 0.3) is 11.1 Å². The molecule has 0 radical (unpaired) electrons. The molecule has 0 heterocycles. The lowest BCUT2D eigenvalue weighted by Crippen LogP contribution is -2.28. The maximum absolute atomic E-state index is 12.9.